The van der Waals surface area contributed by atoms with Gasteiger partial charge in [-0.3, -0.25) is 37.3 Å². The normalized spacial score (nSPS) is 14.0. The maximum Gasteiger partial charge on any atom is 0.472 e. The van der Waals surface area contributed by atoms with Gasteiger partial charge in [-0.2, -0.15) is 0 Å². The molecule has 0 aromatic rings. The van der Waals surface area contributed by atoms with Crippen LogP contribution in [0.4, 0.5) is 0 Å². The van der Waals surface area contributed by atoms with Crippen molar-refractivity contribution in [2.24, 2.45) is 5.92 Å². The molecule has 0 aromatic heterocycles. The van der Waals surface area contributed by atoms with E-state index in [1.807, 2.05) is 0 Å². The van der Waals surface area contributed by atoms with E-state index < -0.39 is 97.5 Å². The van der Waals surface area contributed by atoms with E-state index in [0.717, 1.165) is 89.9 Å². The summed E-state index contributed by atoms with van der Waals surface area (Å²) in [5.41, 5.74) is 0. The lowest BCUT2D eigenvalue weighted by Gasteiger charge is -2.21. The third-order valence-electron chi connectivity index (χ3n) is 16.8. The molecule has 0 bridgehead atoms. The van der Waals surface area contributed by atoms with Gasteiger partial charge in [0, 0.05) is 25.7 Å². The fraction of sp³-hybridized carbons (Fsp3) is 0.944. The van der Waals surface area contributed by atoms with E-state index in [4.69, 9.17) is 37.0 Å². The Morgan fingerprint density at radius 1 is 0.297 bits per heavy atom. The van der Waals surface area contributed by atoms with Crippen LogP contribution >= 0.6 is 15.6 Å². The molecule has 0 saturated heterocycles. The molecule has 5 atom stereocenters. The van der Waals surface area contributed by atoms with Gasteiger partial charge in [0.2, 0.25) is 0 Å². The van der Waals surface area contributed by atoms with Crippen LogP contribution in [0.3, 0.4) is 0 Å². The topological polar surface area (TPSA) is 237 Å². The van der Waals surface area contributed by atoms with Gasteiger partial charge in [0.15, 0.2) is 12.2 Å². The molecule has 0 fully saturated rings. The number of phosphoric acid groups is 2. The highest BCUT2D eigenvalue weighted by Gasteiger charge is 2.30. The Morgan fingerprint density at radius 3 is 0.747 bits per heavy atom. The minimum Gasteiger partial charge on any atom is -0.462 e. The van der Waals surface area contributed by atoms with Gasteiger partial charge in [-0.1, -0.05) is 324 Å². The van der Waals surface area contributed by atoms with E-state index in [2.05, 4.69) is 34.6 Å². The van der Waals surface area contributed by atoms with Crippen LogP contribution < -0.4 is 0 Å². The number of ether oxygens (including phenoxy) is 4. The summed E-state index contributed by atoms with van der Waals surface area (Å²) in [6.45, 7) is 7.19. The van der Waals surface area contributed by atoms with E-state index in [1.54, 1.807) is 0 Å². The Labute approximate surface area is 556 Å². The third-order valence-corrected chi connectivity index (χ3v) is 18.7. The Morgan fingerprint density at radius 2 is 0.505 bits per heavy atom. The van der Waals surface area contributed by atoms with E-state index in [1.165, 1.54) is 199 Å². The maximum atomic E-state index is 13.0. The molecule has 0 spiro atoms. The third kappa shape index (κ3) is 66.5. The minimum atomic E-state index is -4.95. The molecule has 0 aliphatic heterocycles. The van der Waals surface area contributed by atoms with Crippen LogP contribution in [0.1, 0.15) is 375 Å². The highest BCUT2D eigenvalue weighted by molar-refractivity contribution is 7.47. The zero-order chi connectivity index (χ0) is 67.0. The van der Waals surface area contributed by atoms with Crippen LogP contribution in [0.5, 0.6) is 0 Å². The highest BCUT2D eigenvalue weighted by atomic mass is 31.2. The van der Waals surface area contributed by atoms with Gasteiger partial charge in [-0.05, 0) is 31.6 Å². The molecule has 0 aliphatic carbocycles. The summed E-state index contributed by atoms with van der Waals surface area (Å²) >= 11 is 0. The largest absolute Gasteiger partial charge is 0.472 e. The fourth-order valence-corrected chi connectivity index (χ4v) is 12.6. The molecule has 91 heavy (non-hydrogen) atoms. The van der Waals surface area contributed by atoms with Crippen LogP contribution in [0, 0.1) is 5.92 Å². The van der Waals surface area contributed by atoms with Crippen molar-refractivity contribution in [2.45, 2.75) is 393 Å². The van der Waals surface area contributed by atoms with Crippen molar-refractivity contribution in [3.63, 3.8) is 0 Å². The molecule has 540 valence electrons. The average molecular weight is 1340 g/mol. The molecule has 19 heteroatoms. The number of carbonyl (C=O) groups is 4. The van der Waals surface area contributed by atoms with Crippen molar-refractivity contribution in [2.75, 3.05) is 39.6 Å². The number of rotatable bonds is 72. The molecular formula is C72H140O17P2. The number of aliphatic hydroxyl groups is 1. The van der Waals surface area contributed by atoms with Crippen LogP contribution in [0.15, 0.2) is 0 Å². The van der Waals surface area contributed by atoms with E-state index >= 15 is 0 Å². The molecule has 0 rings (SSSR count). The quantitative estimate of drug-likeness (QED) is 0.0222. The predicted molar refractivity (Wildman–Crippen MR) is 368 cm³/mol. The van der Waals surface area contributed by atoms with Crippen molar-refractivity contribution >= 4 is 39.5 Å². The summed E-state index contributed by atoms with van der Waals surface area (Å²) in [6, 6.07) is 0. The first kappa shape index (κ1) is 89.1. The van der Waals surface area contributed by atoms with Gasteiger partial charge in [-0.15, -0.1) is 0 Å². The van der Waals surface area contributed by atoms with Crippen molar-refractivity contribution in [1.29, 1.82) is 0 Å². The number of aliphatic hydroxyl groups excluding tert-OH is 1. The Hall–Kier alpha value is -1.94. The first-order valence-electron chi connectivity index (χ1n) is 37.6. The van der Waals surface area contributed by atoms with E-state index in [0.29, 0.717) is 31.6 Å². The second kappa shape index (κ2) is 65.4. The summed E-state index contributed by atoms with van der Waals surface area (Å²) < 4.78 is 68.3. The van der Waals surface area contributed by atoms with E-state index in [9.17, 15) is 43.2 Å². The molecule has 17 nitrogen and oxygen atoms in total. The standard InChI is InChI=1S/C72H140O17P2/c1-6-9-12-15-18-21-24-26-27-28-29-30-31-32-34-37-42-47-52-57-71(76)88-67(61-83-70(75)56-51-46-41-36-33-25-22-19-16-13-10-7-2)63-86-90(78,79)84-59-66(73)60-85-91(80,81)87-64-68(89-72(77)58-53-48-43-38-39-44-49-54-65(4)5)62-82-69(74)55-50-45-40-35-23-20-17-14-11-8-3/h65-68,73H,6-64H2,1-5H3,(H,78,79)(H,80,81)/t66-,67-,68-/m1/s1. The number of unbranched alkanes of at least 4 members (excludes halogenated alkanes) is 44. The summed E-state index contributed by atoms with van der Waals surface area (Å²) in [5.74, 6) is -1.43. The number of hydrogen-bond donors (Lipinski definition) is 3. The molecule has 0 saturated carbocycles. The minimum absolute atomic E-state index is 0.104. The van der Waals surface area contributed by atoms with E-state index in [-0.39, 0.29) is 25.7 Å². The zero-order valence-corrected chi connectivity index (χ0v) is 60.8. The smallest absolute Gasteiger partial charge is 0.462 e. The summed E-state index contributed by atoms with van der Waals surface area (Å²) in [7, 11) is -9.90. The monoisotopic (exact) mass is 1340 g/mol. The lowest BCUT2D eigenvalue weighted by Crippen LogP contribution is -2.30. The van der Waals surface area contributed by atoms with Gasteiger partial charge in [0.25, 0.3) is 0 Å². The number of phosphoric ester groups is 2. The number of hydrogen-bond acceptors (Lipinski definition) is 15. The lowest BCUT2D eigenvalue weighted by atomic mass is 10.0. The zero-order valence-electron chi connectivity index (χ0n) is 59.0. The maximum absolute atomic E-state index is 13.0. The average Bonchev–Trinajstić information content (AvgIpc) is 3.28. The van der Waals surface area contributed by atoms with Crippen LogP contribution in [0.25, 0.3) is 0 Å². The van der Waals surface area contributed by atoms with Crippen molar-refractivity contribution in [1.82, 2.24) is 0 Å². The Bertz CT molecular complexity index is 1750. The Balaban J connectivity index is 5.20. The second-order valence-electron chi connectivity index (χ2n) is 26.5. The molecule has 2 unspecified atom stereocenters. The fourth-order valence-electron chi connectivity index (χ4n) is 11.0. The number of esters is 4. The summed E-state index contributed by atoms with van der Waals surface area (Å²) in [6.07, 6.45) is 52.8. The first-order chi connectivity index (χ1) is 44.0. The van der Waals surface area contributed by atoms with Crippen molar-refractivity contribution in [3.05, 3.63) is 0 Å². The van der Waals surface area contributed by atoms with Gasteiger partial charge in [-0.25, -0.2) is 9.13 Å². The molecule has 0 amide bonds. The van der Waals surface area contributed by atoms with Crippen molar-refractivity contribution in [3.8, 4) is 0 Å². The SMILES string of the molecule is CCCCCCCCCCCCCCCCCCCCCC(=O)O[C@H](COC(=O)CCCCCCCCCCCCCC)COP(=O)(O)OC[C@@H](O)COP(=O)(O)OC[C@@H](COC(=O)CCCCCCCCCCCC)OC(=O)CCCCCCCCCC(C)C. The molecule has 0 radical (unpaired) electrons. The van der Waals surface area contributed by atoms with Gasteiger partial charge in [0.1, 0.15) is 19.3 Å². The molecule has 0 aromatic carbocycles. The van der Waals surface area contributed by atoms with Gasteiger partial charge >= 0.3 is 39.5 Å². The Kier molecular flexibility index (Phi) is 64.0. The highest BCUT2D eigenvalue weighted by Crippen LogP contribution is 2.45. The lowest BCUT2D eigenvalue weighted by molar-refractivity contribution is -0.161. The van der Waals surface area contributed by atoms with Gasteiger partial charge < -0.3 is 33.8 Å². The summed E-state index contributed by atoms with van der Waals surface area (Å²) in [5, 5.41) is 10.6. The first-order valence-corrected chi connectivity index (χ1v) is 40.6. The molecule has 3 N–H and O–H groups in total. The molecule has 0 heterocycles. The molecule has 0 aliphatic rings. The van der Waals surface area contributed by atoms with Crippen LogP contribution in [0.2, 0.25) is 0 Å². The number of carbonyl (C=O) groups excluding carboxylic acids is 4. The second-order valence-corrected chi connectivity index (χ2v) is 29.4. The van der Waals surface area contributed by atoms with Gasteiger partial charge in [0.05, 0.1) is 26.4 Å². The van der Waals surface area contributed by atoms with Crippen LogP contribution in [-0.4, -0.2) is 96.7 Å². The molecular weight excluding hydrogens is 1200 g/mol. The predicted octanol–water partition coefficient (Wildman–Crippen LogP) is 20.9. The van der Waals surface area contributed by atoms with Crippen molar-refractivity contribution < 1.29 is 80.2 Å². The summed E-state index contributed by atoms with van der Waals surface area (Å²) in [4.78, 5) is 72.5. The van der Waals surface area contributed by atoms with Crippen LogP contribution in [-0.2, 0) is 65.4 Å².